The van der Waals surface area contributed by atoms with E-state index in [1.165, 1.54) is 6.33 Å². The number of rotatable bonds is 6. The van der Waals surface area contributed by atoms with E-state index in [0.717, 1.165) is 16.8 Å². The van der Waals surface area contributed by atoms with Gasteiger partial charge in [-0.05, 0) is 38.5 Å². The van der Waals surface area contributed by atoms with Gasteiger partial charge in [0.05, 0.1) is 5.69 Å². The molecular weight excluding hydrogens is 328 g/mol. The van der Waals surface area contributed by atoms with E-state index < -0.39 is 0 Å². The van der Waals surface area contributed by atoms with Crippen molar-refractivity contribution < 1.29 is 4.79 Å². The number of benzene rings is 1. The van der Waals surface area contributed by atoms with Gasteiger partial charge < -0.3 is 10.6 Å². The molecule has 0 unspecified atom stereocenters. The molecule has 7 heteroatoms. The first kappa shape index (κ1) is 17.6. The van der Waals surface area contributed by atoms with Gasteiger partial charge in [0.1, 0.15) is 12.1 Å². The maximum atomic E-state index is 12.3. The van der Waals surface area contributed by atoms with Crippen LogP contribution in [0.25, 0.3) is 5.82 Å². The fraction of sp³-hybridized carbons (Fsp3) is 0.263. The van der Waals surface area contributed by atoms with Crippen LogP contribution in [0.15, 0.2) is 42.9 Å². The topological polar surface area (TPSA) is 84.7 Å². The van der Waals surface area contributed by atoms with Crippen molar-refractivity contribution in [2.75, 3.05) is 18.4 Å². The molecule has 1 amide bonds. The Kier molecular flexibility index (Phi) is 5.26. The highest BCUT2D eigenvalue weighted by Crippen LogP contribution is 2.11. The van der Waals surface area contributed by atoms with Gasteiger partial charge in [-0.25, -0.2) is 14.6 Å². The van der Waals surface area contributed by atoms with Gasteiger partial charge >= 0.3 is 0 Å². The second kappa shape index (κ2) is 7.77. The molecule has 0 saturated carbocycles. The maximum absolute atomic E-state index is 12.3. The first-order valence-corrected chi connectivity index (χ1v) is 8.47. The lowest BCUT2D eigenvalue weighted by Crippen LogP contribution is -2.29. The average Bonchev–Trinajstić information content (AvgIpc) is 3.07. The zero-order valence-electron chi connectivity index (χ0n) is 15.2. The van der Waals surface area contributed by atoms with Crippen LogP contribution in [0.4, 0.5) is 5.82 Å². The van der Waals surface area contributed by atoms with Crippen molar-refractivity contribution in [2.24, 2.45) is 0 Å². The molecule has 0 aliphatic rings. The summed E-state index contributed by atoms with van der Waals surface area (Å²) in [7, 11) is 0. The molecule has 0 bridgehead atoms. The number of nitrogens with one attached hydrogen (secondary N) is 2. The lowest BCUT2D eigenvalue weighted by atomic mass is 10.1. The van der Waals surface area contributed by atoms with Crippen LogP contribution in [0.2, 0.25) is 0 Å². The molecule has 1 aromatic carbocycles. The highest BCUT2D eigenvalue weighted by Gasteiger charge is 2.08. The summed E-state index contributed by atoms with van der Waals surface area (Å²) in [4.78, 5) is 20.7. The molecular formula is C19H22N6O. The number of hydrogen-bond donors (Lipinski definition) is 2. The van der Waals surface area contributed by atoms with Gasteiger partial charge in [0.2, 0.25) is 0 Å². The zero-order valence-corrected chi connectivity index (χ0v) is 15.2. The molecule has 7 nitrogen and oxygen atoms in total. The lowest BCUT2D eigenvalue weighted by Gasteiger charge is -2.10. The highest BCUT2D eigenvalue weighted by atomic mass is 16.1. The van der Waals surface area contributed by atoms with Crippen LogP contribution >= 0.6 is 0 Å². The summed E-state index contributed by atoms with van der Waals surface area (Å²) in [6.45, 7) is 6.89. The number of hydrogen-bond acceptors (Lipinski definition) is 5. The first-order chi connectivity index (χ1) is 12.5. The quantitative estimate of drug-likeness (QED) is 0.667. The van der Waals surface area contributed by atoms with Crippen LogP contribution < -0.4 is 10.6 Å². The van der Waals surface area contributed by atoms with Crippen LogP contribution in [0.5, 0.6) is 0 Å². The molecule has 0 aliphatic carbocycles. The van der Waals surface area contributed by atoms with E-state index in [-0.39, 0.29) is 5.91 Å². The standard InChI is InChI=1S/C19H22N6O/c1-13-4-5-14(2)16(10-13)19(26)21-8-7-20-17-11-18(23-12-22-17)25-9-6-15(3)24-25/h4-6,9-12H,7-8H2,1-3H3,(H,21,26)(H,20,22,23). The molecule has 2 heterocycles. The van der Waals surface area contributed by atoms with Crippen LogP contribution in [-0.4, -0.2) is 38.7 Å². The second-order valence-electron chi connectivity index (χ2n) is 6.16. The van der Waals surface area contributed by atoms with Crippen LogP contribution in [0.3, 0.4) is 0 Å². The average molecular weight is 350 g/mol. The molecule has 26 heavy (non-hydrogen) atoms. The molecule has 0 radical (unpaired) electrons. The number of nitrogens with zero attached hydrogens (tertiary/aromatic N) is 4. The molecule has 3 aromatic rings. The van der Waals surface area contributed by atoms with Crippen molar-refractivity contribution in [2.45, 2.75) is 20.8 Å². The summed E-state index contributed by atoms with van der Waals surface area (Å²) in [5, 5.41) is 10.4. The van der Waals surface area contributed by atoms with Gasteiger partial charge in [-0.15, -0.1) is 0 Å². The number of carbonyl (C=O) groups excluding carboxylic acids is 1. The SMILES string of the molecule is Cc1ccc(C)c(C(=O)NCCNc2cc(-n3ccc(C)n3)ncn2)c1. The molecule has 3 rings (SSSR count). The van der Waals surface area contributed by atoms with E-state index in [4.69, 9.17) is 0 Å². The Balaban J connectivity index is 1.54. The van der Waals surface area contributed by atoms with Gasteiger partial charge in [-0.3, -0.25) is 4.79 Å². The van der Waals surface area contributed by atoms with E-state index in [9.17, 15) is 4.79 Å². The van der Waals surface area contributed by atoms with Crippen LogP contribution in [0.1, 0.15) is 27.2 Å². The predicted octanol–water partition coefficient (Wildman–Crippen LogP) is 2.43. The van der Waals surface area contributed by atoms with Crippen molar-refractivity contribution >= 4 is 11.7 Å². The largest absolute Gasteiger partial charge is 0.368 e. The number of aryl methyl sites for hydroxylation is 3. The Bertz CT molecular complexity index is 918. The normalized spacial score (nSPS) is 10.6. The summed E-state index contributed by atoms with van der Waals surface area (Å²) in [5.74, 6) is 1.31. The minimum absolute atomic E-state index is 0.0663. The molecule has 2 N–H and O–H groups in total. The predicted molar refractivity (Wildman–Crippen MR) is 101 cm³/mol. The Hall–Kier alpha value is -3.22. The first-order valence-electron chi connectivity index (χ1n) is 8.47. The number of anilines is 1. The van der Waals surface area contributed by atoms with E-state index in [2.05, 4.69) is 25.7 Å². The summed E-state index contributed by atoms with van der Waals surface area (Å²) < 4.78 is 1.70. The molecule has 134 valence electrons. The van der Waals surface area contributed by atoms with E-state index in [0.29, 0.717) is 30.3 Å². The second-order valence-corrected chi connectivity index (χ2v) is 6.16. The smallest absolute Gasteiger partial charge is 0.251 e. The fourth-order valence-corrected chi connectivity index (χ4v) is 2.55. The number of carbonyl (C=O) groups is 1. The van der Waals surface area contributed by atoms with Crippen LogP contribution in [-0.2, 0) is 0 Å². The molecule has 0 aliphatic heterocycles. The third-order valence-corrected chi connectivity index (χ3v) is 3.96. The molecule has 0 spiro atoms. The Labute approximate surface area is 152 Å². The highest BCUT2D eigenvalue weighted by molar-refractivity contribution is 5.95. The van der Waals surface area contributed by atoms with Crippen molar-refractivity contribution in [3.05, 3.63) is 65.2 Å². The van der Waals surface area contributed by atoms with Crippen molar-refractivity contribution in [1.82, 2.24) is 25.1 Å². The van der Waals surface area contributed by atoms with Crippen LogP contribution in [0, 0.1) is 20.8 Å². The van der Waals surface area contributed by atoms with E-state index >= 15 is 0 Å². The third kappa shape index (κ3) is 4.24. The van der Waals surface area contributed by atoms with E-state index in [1.54, 1.807) is 4.68 Å². The Morgan fingerprint density at radius 1 is 1.08 bits per heavy atom. The number of aromatic nitrogens is 4. The van der Waals surface area contributed by atoms with Gasteiger partial charge in [-0.2, -0.15) is 5.10 Å². The van der Waals surface area contributed by atoms with Gasteiger partial charge in [-0.1, -0.05) is 17.7 Å². The maximum Gasteiger partial charge on any atom is 0.251 e. The van der Waals surface area contributed by atoms with Gasteiger partial charge in [0.25, 0.3) is 5.91 Å². The summed E-state index contributed by atoms with van der Waals surface area (Å²) in [5.41, 5.74) is 3.67. The Morgan fingerprint density at radius 2 is 1.92 bits per heavy atom. The molecule has 0 atom stereocenters. The lowest BCUT2D eigenvalue weighted by molar-refractivity contribution is 0.0954. The number of amides is 1. The minimum atomic E-state index is -0.0663. The monoisotopic (exact) mass is 350 g/mol. The molecule has 2 aromatic heterocycles. The molecule has 0 saturated heterocycles. The van der Waals surface area contributed by atoms with Crippen molar-refractivity contribution in [3.8, 4) is 5.82 Å². The summed E-state index contributed by atoms with van der Waals surface area (Å²) in [6, 6.07) is 9.60. The fourth-order valence-electron chi connectivity index (χ4n) is 2.55. The zero-order chi connectivity index (χ0) is 18.5. The summed E-state index contributed by atoms with van der Waals surface area (Å²) in [6.07, 6.45) is 3.34. The minimum Gasteiger partial charge on any atom is -0.368 e. The molecule has 0 fully saturated rings. The van der Waals surface area contributed by atoms with Crippen molar-refractivity contribution in [1.29, 1.82) is 0 Å². The van der Waals surface area contributed by atoms with Crippen molar-refractivity contribution in [3.63, 3.8) is 0 Å². The third-order valence-electron chi connectivity index (χ3n) is 3.96. The van der Waals surface area contributed by atoms with E-state index in [1.807, 2.05) is 57.3 Å². The van der Waals surface area contributed by atoms with Gasteiger partial charge in [0, 0.05) is 30.9 Å². The summed E-state index contributed by atoms with van der Waals surface area (Å²) >= 11 is 0. The van der Waals surface area contributed by atoms with Gasteiger partial charge in [0.15, 0.2) is 5.82 Å². The Morgan fingerprint density at radius 3 is 2.69 bits per heavy atom.